The van der Waals surface area contributed by atoms with Gasteiger partial charge in [-0.2, -0.15) is 4.98 Å². The van der Waals surface area contributed by atoms with Gasteiger partial charge in [-0.3, -0.25) is 4.79 Å². The number of amides is 1. The van der Waals surface area contributed by atoms with E-state index in [-0.39, 0.29) is 19.0 Å². The van der Waals surface area contributed by atoms with Crippen LogP contribution in [0.2, 0.25) is 0 Å². The molecular weight excluding hydrogens is 286 g/mol. The zero-order valence-corrected chi connectivity index (χ0v) is 10.8. The van der Waals surface area contributed by atoms with Crippen LogP contribution in [0, 0.1) is 12.3 Å². The van der Waals surface area contributed by atoms with Gasteiger partial charge in [0.05, 0.1) is 17.6 Å². The number of terminal acetylenes is 1. The lowest BCUT2D eigenvalue weighted by Gasteiger charge is -2.07. The Morgan fingerprint density at radius 3 is 3.06 bits per heavy atom. The average molecular weight is 298 g/mol. The normalized spacial score (nSPS) is 9.24. The van der Waals surface area contributed by atoms with Crippen molar-refractivity contribution in [3.05, 3.63) is 10.7 Å². The fraction of sp³-hybridized carbons (Fsp3) is 0.300. The summed E-state index contributed by atoms with van der Waals surface area (Å²) in [6.07, 6.45) is 6.61. The highest BCUT2D eigenvalue weighted by Crippen LogP contribution is 2.18. The molecule has 6 nitrogen and oxygen atoms in total. The van der Waals surface area contributed by atoms with E-state index in [9.17, 15) is 4.79 Å². The molecule has 0 radical (unpaired) electrons. The topological polar surface area (TPSA) is 78.9 Å². The molecule has 1 heterocycles. The highest BCUT2D eigenvalue weighted by Gasteiger charge is 2.04. The van der Waals surface area contributed by atoms with Crippen molar-refractivity contribution in [1.82, 2.24) is 15.3 Å². The average Bonchev–Trinajstić information content (AvgIpc) is 2.35. The highest BCUT2D eigenvalue weighted by atomic mass is 79.9. The van der Waals surface area contributed by atoms with Gasteiger partial charge < -0.3 is 16.0 Å². The first-order chi connectivity index (χ1) is 8.17. The predicted molar refractivity (Wildman–Crippen MR) is 69.6 cm³/mol. The first kappa shape index (κ1) is 13.3. The maximum absolute atomic E-state index is 11.2. The van der Waals surface area contributed by atoms with Crippen molar-refractivity contribution in [2.24, 2.45) is 0 Å². The molecule has 0 unspecified atom stereocenters. The van der Waals surface area contributed by atoms with Crippen LogP contribution >= 0.6 is 15.9 Å². The number of rotatable bonds is 5. The Balaban J connectivity index is 2.52. The Labute approximate surface area is 108 Å². The lowest BCUT2D eigenvalue weighted by molar-refractivity contribution is -0.119. The summed E-state index contributed by atoms with van der Waals surface area (Å²) < 4.78 is 0.752. The van der Waals surface area contributed by atoms with Gasteiger partial charge in [0, 0.05) is 13.2 Å². The van der Waals surface area contributed by atoms with Gasteiger partial charge in [0.2, 0.25) is 11.9 Å². The van der Waals surface area contributed by atoms with Crippen molar-refractivity contribution in [3.8, 4) is 12.3 Å². The second-order valence-corrected chi connectivity index (χ2v) is 3.83. The van der Waals surface area contributed by atoms with Crippen molar-refractivity contribution in [2.45, 2.75) is 0 Å². The van der Waals surface area contributed by atoms with Crippen molar-refractivity contribution in [1.29, 1.82) is 0 Å². The molecule has 0 fully saturated rings. The highest BCUT2D eigenvalue weighted by molar-refractivity contribution is 9.10. The molecule has 90 valence electrons. The second-order valence-electron chi connectivity index (χ2n) is 2.97. The molecule has 1 rings (SSSR count). The summed E-state index contributed by atoms with van der Waals surface area (Å²) in [5, 5.41) is 8.21. The third kappa shape index (κ3) is 4.28. The smallest absolute Gasteiger partial charge is 0.240 e. The number of nitrogens with zero attached hydrogens (tertiary/aromatic N) is 2. The van der Waals surface area contributed by atoms with Gasteiger partial charge in [-0.1, -0.05) is 5.92 Å². The number of carbonyl (C=O) groups excluding carboxylic acids is 1. The van der Waals surface area contributed by atoms with Crippen molar-refractivity contribution in [3.63, 3.8) is 0 Å². The van der Waals surface area contributed by atoms with Crippen LogP contribution in [-0.2, 0) is 4.79 Å². The number of aromatic nitrogens is 2. The summed E-state index contributed by atoms with van der Waals surface area (Å²) in [6, 6.07) is 0. The molecule has 0 saturated heterocycles. The Kier molecular flexibility index (Phi) is 5.23. The summed E-state index contributed by atoms with van der Waals surface area (Å²) in [4.78, 5) is 19.4. The van der Waals surface area contributed by atoms with Crippen LogP contribution < -0.4 is 16.0 Å². The Morgan fingerprint density at radius 1 is 1.65 bits per heavy atom. The Hall–Kier alpha value is -1.81. The van der Waals surface area contributed by atoms with E-state index < -0.39 is 0 Å². The van der Waals surface area contributed by atoms with Crippen LogP contribution in [0.1, 0.15) is 0 Å². The number of hydrogen-bond donors (Lipinski definition) is 3. The van der Waals surface area contributed by atoms with Gasteiger partial charge in [-0.05, 0) is 15.9 Å². The van der Waals surface area contributed by atoms with Crippen LogP contribution in [0.4, 0.5) is 11.8 Å². The number of nitrogens with one attached hydrogen (secondary N) is 3. The molecule has 0 saturated carbocycles. The minimum absolute atomic E-state index is 0.0759. The molecule has 0 aliphatic heterocycles. The maximum atomic E-state index is 11.2. The quantitative estimate of drug-likeness (QED) is 0.688. The van der Waals surface area contributed by atoms with Crippen molar-refractivity contribution >= 4 is 33.6 Å². The Morgan fingerprint density at radius 2 is 2.41 bits per heavy atom. The van der Waals surface area contributed by atoms with E-state index in [1.165, 1.54) is 0 Å². The second kappa shape index (κ2) is 6.70. The molecule has 3 N–H and O–H groups in total. The van der Waals surface area contributed by atoms with E-state index >= 15 is 0 Å². The van der Waals surface area contributed by atoms with E-state index in [0.717, 1.165) is 4.47 Å². The lowest BCUT2D eigenvalue weighted by Crippen LogP contribution is -2.30. The summed E-state index contributed by atoms with van der Waals surface area (Å²) >= 11 is 3.29. The fourth-order valence-electron chi connectivity index (χ4n) is 0.999. The van der Waals surface area contributed by atoms with E-state index in [2.05, 4.69) is 47.8 Å². The first-order valence-electron chi connectivity index (χ1n) is 4.81. The minimum Gasteiger partial charge on any atom is -0.372 e. The number of halogens is 1. The van der Waals surface area contributed by atoms with Crippen LogP contribution in [0.5, 0.6) is 0 Å². The van der Waals surface area contributed by atoms with Crippen LogP contribution in [0.3, 0.4) is 0 Å². The number of hydrogen-bond acceptors (Lipinski definition) is 5. The monoisotopic (exact) mass is 297 g/mol. The largest absolute Gasteiger partial charge is 0.372 e. The molecule has 0 aliphatic rings. The van der Waals surface area contributed by atoms with Gasteiger partial charge in [-0.15, -0.1) is 6.42 Å². The Bertz CT molecular complexity index is 443. The fourth-order valence-corrected chi connectivity index (χ4v) is 1.39. The molecule has 1 aromatic rings. The molecule has 0 bridgehead atoms. The minimum atomic E-state index is -0.208. The van der Waals surface area contributed by atoms with Gasteiger partial charge >= 0.3 is 0 Å². The standard InChI is InChI=1S/C10H12BrN5O/c1-3-4-13-8(17)6-15-10-14-5-7(11)9(12-2)16-10/h1,5H,4,6H2,2H3,(H,13,17)(H2,12,14,15,16). The lowest BCUT2D eigenvalue weighted by atomic mass is 10.5. The molecule has 0 spiro atoms. The molecule has 1 amide bonds. The molecule has 0 atom stereocenters. The first-order valence-corrected chi connectivity index (χ1v) is 5.61. The molecule has 0 aromatic carbocycles. The predicted octanol–water partition coefficient (Wildman–Crippen LogP) is 0.442. The van der Waals surface area contributed by atoms with Crippen LogP contribution in [0.15, 0.2) is 10.7 Å². The van der Waals surface area contributed by atoms with Gasteiger partial charge in [0.25, 0.3) is 0 Å². The molecular formula is C10H12BrN5O. The van der Waals surface area contributed by atoms with Gasteiger partial charge in [0.15, 0.2) is 0 Å². The maximum Gasteiger partial charge on any atom is 0.240 e. The van der Waals surface area contributed by atoms with Crippen molar-refractivity contribution in [2.75, 3.05) is 30.8 Å². The van der Waals surface area contributed by atoms with Gasteiger partial charge in [0.1, 0.15) is 5.82 Å². The third-order valence-corrected chi connectivity index (χ3v) is 2.36. The summed E-state index contributed by atoms with van der Waals surface area (Å²) in [7, 11) is 1.75. The molecule has 1 aromatic heterocycles. The van der Waals surface area contributed by atoms with E-state index in [1.54, 1.807) is 13.2 Å². The van der Waals surface area contributed by atoms with E-state index in [4.69, 9.17) is 6.42 Å². The molecule has 0 aliphatic carbocycles. The number of anilines is 2. The zero-order chi connectivity index (χ0) is 12.7. The SMILES string of the molecule is C#CCNC(=O)CNc1ncc(Br)c(NC)n1. The molecule has 17 heavy (non-hydrogen) atoms. The van der Waals surface area contributed by atoms with Crippen LogP contribution in [-0.4, -0.2) is 36.0 Å². The van der Waals surface area contributed by atoms with E-state index in [1.807, 2.05) is 0 Å². The summed E-state index contributed by atoms with van der Waals surface area (Å²) in [6.45, 7) is 0.288. The summed E-state index contributed by atoms with van der Waals surface area (Å²) in [5.41, 5.74) is 0. The third-order valence-electron chi connectivity index (χ3n) is 1.78. The number of carbonyl (C=O) groups is 1. The van der Waals surface area contributed by atoms with Crippen molar-refractivity contribution < 1.29 is 4.79 Å². The van der Waals surface area contributed by atoms with Crippen LogP contribution in [0.25, 0.3) is 0 Å². The molecule has 7 heteroatoms. The van der Waals surface area contributed by atoms with Gasteiger partial charge in [-0.25, -0.2) is 4.98 Å². The summed E-state index contributed by atoms with van der Waals surface area (Å²) in [5.74, 6) is 3.12. The zero-order valence-electron chi connectivity index (χ0n) is 9.25. The van der Waals surface area contributed by atoms with E-state index in [0.29, 0.717) is 11.8 Å².